The SMILES string of the molecule is CNc1ccc(CN2CCCC(C)CC2)cn1. The van der Waals surface area contributed by atoms with Crippen molar-refractivity contribution < 1.29 is 0 Å². The number of hydrogen-bond acceptors (Lipinski definition) is 3. The van der Waals surface area contributed by atoms with Crippen molar-refractivity contribution in [3.8, 4) is 0 Å². The van der Waals surface area contributed by atoms with Crippen LogP contribution in [-0.2, 0) is 6.54 Å². The minimum atomic E-state index is 0.893. The van der Waals surface area contributed by atoms with Crippen LogP contribution in [0, 0.1) is 5.92 Å². The van der Waals surface area contributed by atoms with Gasteiger partial charge in [0.2, 0.25) is 0 Å². The zero-order chi connectivity index (χ0) is 12.1. The van der Waals surface area contributed by atoms with E-state index in [-0.39, 0.29) is 0 Å². The standard InChI is InChI=1S/C14H23N3/c1-12-4-3-8-17(9-7-12)11-13-5-6-14(15-2)16-10-13/h5-6,10,12H,3-4,7-9,11H2,1-2H3,(H,15,16). The Hall–Kier alpha value is -1.09. The van der Waals surface area contributed by atoms with Crippen LogP contribution in [0.3, 0.4) is 0 Å². The van der Waals surface area contributed by atoms with Crippen LogP contribution in [0.25, 0.3) is 0 Å². The molecule has 2 rings (SSSR count). The van der Waals surface area contributed by atoms with E-state index < -0.39 is 0 Å². The number of likely N-dealkylation sites (tertiary alicyclic amines) is 1. The Kier molecular flexibility index (Phi) is 4.37. The van der Waals surface area contributed by atoms with Crippen molar-refractivity contribution in [3.63, 3.8) is 0 Å². The first kappa shape index (κ1) is 12.4. The van der Waals surface area contributed by atoms with Gasteiger partial charge in [-0.25, -0.2) is 4.98 Å². The molecule has 0 spiro atoms. The van der Waals surface area contributed by atoms with Crippen LogP contribution in [-0.4, -0.2) is 30.0 Å². The van der Waals surface area contributed by atoms with E-state index in [4.69, 9.17) is 0 Å². The fourth-order valence-corrected chi connectivity index (χ4v) is 2.40. The van der Waals surface area contributed by atoms with E-state index in [9.17, 15) is 0 Å². The minimum Gasteiger partial charge on any atom is -0.373 e. The van der Waals surface area contributed by atoms with Crippen molar-refractivity contribution in [2.45, 2.75) is 32.7 Å². The highest BCUT2D eigenvalue weighted by molar-refractivity contribution is 5.34. The summed E-state index contributed by atoms with van der Waals surface area (Å²) in [5.41, 5.74) is 1.32. The molecular formula is C14H23N3. The van der Waals surface area contributed by atoms with Gasteiger partial charge in [0.05, 0.1) is 0 Å². The van der Waals surface area contributed by atoms with Gasteiger partial charge in [-0.05, 0) is 49.9 Å². The maximum atomic E-state index is 4.36. The summed E-state index contributed by atoms with van der Waals surface area (Å²) >= 11 is 0. The van der Waals surface area contributed by atoms with Crippen LogP contribution in [0.4, 0.5) is 5.82 Å². The van der Waals surface area contributed by atoms with E-state index in [1.807, 2.05) is 13.2 Å². The largest absolute Gasteiger partial charge is 0.373 e. The third-order valence-electron chi connectivity index (χ3n) is 3.60. The normalized spacial score (nSPS) is 22.1. The van der Waals surface area contributed by atoms with E-state index >= 15 is 0 Å². The lowest BCUT2D eigenvalue weighted by Crippen LogP contribution is -2.24. The molecule has 1 aromatic rings. The molecule has 1 aliphatic heterocycles. The summed E-state index contributed by atoms with van der Waals surface area (Å²) < 4.78 is 0. The summed E-state index contributed by atoms with van der Waals surface area (Å²) in [6, 6.07) is 4.23. The van der Waals surface area contributed by atoms with E-state index in [0.29, 0.717) is 0 Å². The van der Waals surface area contributed by atoms with Crippen LogP contribution in [0.5, 0.6) is 0 Å². The third-order valence-corrected chi connectivity index (χ3v) is 3.60. The molecule has 0 aliphatic carbocycles. The highest BCUT2D eigenvalue weighted by Crippen LogP contribution is 2.18. The molecule has 3 nitrogen and oxygen atoms in total. The molecule has 2 heterocycles. The van der Waals surface area contributed by atoms with Gasteiger partial charge in [-0.15, -0.1) is 0 Å². The maximum absolute atomic E-state index is 4.36. The third kappa shape index (κ3) is 3.70. The molecule has 17 heavy (non-hydrogen) atoms. The molecule has 1 saturated heterocycles. The van der Waals surface area contributed by atoms with Gasteiger partial charge in [0.25, 0.3) is 0 Å². The zero-order valence-corrected chi connectivity index (χ0v) is 10.9. The summed E-state index contributed by atoms with van der Waals surface area (Å²) in [7, 11) is 1.90. The molecule has 1 unspecified atom stereocenters. The number of nitrogens with one attached hydrogen (secondary N) is 1. The molecular weight excluding hydrogens is 210 g/mol. The topological polar surface area (TPSA) is 28.2 Å². The second-order valence-corrected chi connectivity index (χ2v) is 5.11. The zero-order valence-electron chi connectivity index (χ0n) is 10.9. The Morgan fingerprint density at radius 2 is 2.24 bits per heavy atom. The van der Waals surface area contributed by atoms with E-state index in [1.165, 1.54) is 37.9 Å². The first-order chi connectivity index (χ1) is 8.28. The average molecular weight is 233 g/mol. The fraction of sp³-hybridized carbons (Fsp3) is 0.643. The number of nitrogens with zero attached hydrogens (tertiary/aromatic N) is 2. The molecule has 0 aromatic carbocycles. The lowest BCUT2D eigenvalue weighted by molar-refractivity contribution is 0.273. The summed E-state index contributed by atoms with van der Waals surface area (Å²) in [6.45, 7) is 5.88. The minimum absolute atomic E-state index is 0.893. The van der Waals surface area contributed by atoms with Crippen LogP contribution >= 0.6 is 0 Å². The smallest absolute Gasteiger partial charge is 0.125 e. The number of hydrogen-bond donors (Lipinski definition) is 1. The molecule has 1 N–H and O–H groups in total. The number of anilines is 1. The first-order valence-electron chi connectivity index (χ1n) is 6.63. The second-order valence-electron chi connectivity index (χ2n) is 5.11. The van der Waals surface area contributed by atoms with Crippen molar-refractivity contribution in [2.75, 3.05) is 25.5 Å². The van der Waals surface area contributed by atoms with Crippen molar-refractivity contribution in [3.05, 3.63) is 23.9 Å². The molecule has 3 heteroatoms. The van der Waals surface area contributed by atoms with Gasteiger partial charge in [-0.3, -0.25) is 4.90 Å². The van der Waals surface area contributed by atoms with Crippen molar-refractivity contribution in [2.24, 2.45) is 5.92 Å². The molecule has 0 amide bonds. The Morgan fingerprint density at radius 1 is 1.35 bits per heavy atom. The number of aromatic nitrogens is 1. The van der Waals surface area contributed by atoms with Crippen LogP contribution < -0.4 is 5.32 Å². The van der Waals surface area contributed by atoms with Gasteiger partial charge < -0.3 is 5.32 Å². The molecule has 1 fully saturated rings. The summed E-state index contributed by atoms with van der Waals surface area (Å²) in [5, 5.41) is 3.05. The highest BCUT2D eigenvalue weighted by atomic mass is 15.1. The highest BCUT2D eigenvalue weighted by Gasteiger charge is 2.13. The first-order valence-corrected chi connectivity index (χ1v) is 6.63. The van der Waals surface area contributed by atoms with E-state index in [1.54, 1.807) is 0 Å². The van der Waals surface area contributed by atoms with Crippen LogP contribution in [0.1, 0.15) is 31.7 Å². The van der Waals surface area contributed by atoms with Crippen molar-refractivity contribution in [1.82, 2.24) is 9.88 Å². The van der Waals surface area contributed by atoms with Crippen molar-refractivity contribution in [1.29, 1.82) is 0 Å². The predicted octanol–water partition coefficient (Wildman–Crippen LogP) is 2.75. The van der Waals surface area contributed by atoms with Crippen LogP contribution in [0.15, 0.2) is 18.3 Å². The quantitative estimate of drug-likeness (QED) is 0.870. The monoisotopic (exact) mass is 233 g/mol. The second kappa shape index (κ2) is 6.01. The molecule has 1 aromatic heterocycles. The average Bonchev–Trinajstić information content (AvgIpc) is 2.56. The van der Waals surface area contributed by atoms with Crippen molar-refractivity contribution >= 4 is 5.82 Å². The van der Waals surface area contributed by atoms with Gasteiger partial charge in [0.1, 0.15) is 5.82 Å². The van der Waals surface area contributed by atoms with Gasteiger partial charge in [-0.1, -0.05) is 13.0 Å². The fourth-order valence-electron chi connectivity index (χ4n) is 2.40. The van der Waals surface area contributed by atoms with E-state index in [2.05, 4.69) is 34.3 Å². The lowest BCUT2D eigenvalue weighted by atomic mass is 10.0. The number of rotatable bonds is 3. The molecule has 0 saturated carbocycles. The Balaban J connectivity index is 1.90. The molecule has 0 bridgehead atoms. The Bertz CT molecular complexity index is 334. The van der Waals surface area contributed by atoms with Crippen LogP contribution in [0.2, 0.25) is 0 Å². The van der Waals surface area contributed by atoms with E-state index in [0.717, 1.165) is 18.3 Å². The molecule has 1 aliphatic rings. The molecule has 94 valence electrons. The predicted molar refractivity (Wildman–Crippen MR) is 72.1 cm³/mol. The Labute approximate surface area is 104 Å². The summed E-state index contributed by atoms with van der Waals surface area (Å²) in [5.74, 6) is 1.84. The Morgan fingerprint density at radius 3 is 2.94 bits per heavy atom. The van der Waals surface area contributed by atoms with Gasteiger partial charge in [0.15, 0.2) is 0 Å². The number of pyridine rings is 1. The summed E-state index contributed by atoms with van der Waals surface area (Å²) in [6.07, 6.45) is 6.04. The molecule has 1 atom stereocenters. The lowest BCUT2D eigenvalue weighted by Gasteiger charge is -2.19. The maximum Gasteiger partial charge on any atom is 0.125 e. The molecule has 0 radical (unpaired) electrons. The summed E-state index contributed by atoms with van der Waals surface area (Å²) in [4.78, 5) is 6.92. The van der Waals surface area contributed by atoms with Gasteiger partial charge in [0, 0.05) is 19.8 Å². The van der Waals surface area contributed by atoms with Gasteiger partial charge in [-0.2, -0.15) is 0 Å². The van der Waals surface area contributed by atoms with Gasteiger partial charge >= 0.3 is 0 Å².